The Morgan fingerprint density at radius 3 is 1.33 bits per heavy atom. The van der Waals surface area contributed by atoms with Gasteiger partial charge in [-0.3, -0.25) is 0 Å². The zero-order chi connectivity index (χ0) is 14.4. The molecule has 0 spiro atoms. The molecule has 0 bridgehead atoms. The van der Waals surface area contributed by atoms with Crippen LogP contribution >= 0.6 is 0 Å². The molecule has 0 unspecified atom stereocenters. The lowest BCUT2D eigenvalue weighted by molar-refractivity contribution is -0.870. The van der Waals surface area contributed by atoms with Gasteiger partial charge in [0.25, 0.3) is 0 Å². The Morgan fingerprint density at radius 1 is 0.667 bits per heavy atom. The molecule has 0 saturated heterocycles. The fourth-order valence-electron chi connectivity index (χ4n) is 1.72. The highest BCUT2D eigenvalue weighted by Gasteiger charge is 2.04. The number of rotatable bonds is 9. The Bertz CT molecular complexity index is 145. The van der Waals surface area contributed by atoms with Crippen LogP contribution in [0.2, 0.25) is 0 Å². The van der Waals surface area contributed by atoms with Gasteiger partial charge in [0.1, 0.15) is 0 Å². The smallest absolute Gasteiger partial charge is 0.0780 e. The van der Waals surface area contributed by atoms with Crippen molar-refractivity contribution in [3.63, 3.8) is 0 Å². The summed E-state index contributed by atoms with van der Waals surface area (Å²) in [7, 11) is 12.8. The van der Waals surface area contributed by atoms with Crippen LogP contribution in [-0.2, 0) is 0 Å². The molecular formula is C16H39N2+. The lowest BCUT2D eigenvalue weighted by Gasteiger charge is -2.23. The van der Waals surface area contributed by atoms with Crippen molar-refractivity contribution in [3.05, 3.63) is 0 Å². The first-order valence-corrected chi connectivity index (χ1v) is 7.71. The average Bonchev–Trinajstić information content (AvgIpc) is 2.19. The highest BCUT2D eigenvalue weighted by molar-refractivity contribution is 4.45. The van der Waals surface area contributed by atoms with E-state index in [0.29, 0.717) is 0 Å². The maximum absolute atomic E-state index is 2.28. The number of hydrogen-bond acceptors (Lipinski definition) is 1. The minimum Gasteiger partial charge on any atom is -0.331 e. The van der Waals surface area contributed by atoms with E-state index in [9.17, 15) is 0 Å². The maximum Gasteiger partial charge on any atom is 0.0780 e. The predicted octanol–water partition coefficient (Wildman–Crippen LogP) is 4.01. The molecule has 0 aromatic heterocycles. The van der Waals surface area contributed by atoms with Crippen LogP contribution in [-0.4, -0.2) is 58.2 Å². The summed E-state index contributed by atoms with van der Waals surface area (Å²) in [4.78, 5) is 2.00. The number of unbranched alkanes of at least 4 members (excludes halogenated alkanes) is 7. The Morgan fingerprint density at radius 2 is 1.00 bits per heavy atom. The van der Waals surface area contributed by atoms with Gasteiger partial charge in [-0.25, -0.2) is 0 Å². The van der Waals surface area contributed by atoms with E-state index in [4.69, 9.17) is 0 Å². The van der Waals surface area contributed by atoms with Gasteiger partial charge in [0.15, 0.2) is 0 Å². The number of nitrogens with zero attached hydrogens (tertiary/aromatic N) is 2. The van der Waals surface area contributed by atoms with E-state index in [1.54, 1.807) is 0 Å². The van der Waals surface area contributed by atoms with Crippen LogP contribution in [0.4, 0.5) is 0 Å². The summed E-state index contributed by atoms with van der Waals surface area (Å²) >= 11 is 0. The van der Waals surface area contributed by atoms with Gasteiger partial charge in [-0.2, -0.15) is 0 Å². The van der Waals surface area contributed by atoms with Crippen molar-refractivity contribution in [1.82, 2.24) is 4.90 Å². The van der Waals surface area contributed by atoms with Crippen LogP contribution in [0.5, 0.6) is 0 Å². The minimum absolute atomic E-state index is 1.12. The monoisotopic (exact) mass is 259 g/mol. The summed E-state index contributed by atoms with van der Waals surface area (Å²) in [5, 5.41) is 0. The Hall–Kier alpha value is -0.0800. The Kier molecular flexibility index (Phi) is 15.0. The van der Waals surface area contributed by atoms with E-state index in [1.807, 2.05) is 26.0 Å². The molecular weight excluding hydrogens is 220 g/mol. The van der Waals surface area contributed by atoms with E-state index in [-0.39, 0.29) is 0 Å². The third-order valence-electron chi connectivity index (χ3n) is 2.68. The van der Waals surface area contributed by atoms with Gasteiger partial charge >= 0.3 is 0 Å². The molecule has 0 rings (SSSR count). The SMILES string of the molecule is CCCCCCCCCC[N+](C)(C)C.CN(C)C. The minimum atomic E-state index is 1.12. The van der Waals surface area contributed by atoms with Crippen LogP contribution in [0.25, 0.3) is 0 Å². The lowest BCUT2D eigenvalue weighted by atomic mass is 10.1. The second-order valence-electron chi connectivity index (χ2n) is 6.83. The van der Waals surface area contributed by atoms with Crippen LogP contribution in [0.1, 0.15) is 58.3 Å². The summed E-state index contributed by atoms with van der Waals surface area (Å²) in [6, 6.07) is 0. The molecule has 0 atom stereocenters. The van der Waals surface area contributed by atoms with E-state index in [2.05, 4.69) is 28.1 Å². The summed E-state index contributed by atoms with van der Waals surface area (Å²) < 4.78 is 1.12. The van der Waals surface area contributed by atoms with E-state index in [1.165, 1.54) is 57.9 Å². The standard InChI is InChI=1S/C13H30N.C3H9N/c1-5-6-7-8-9-10-11-12-13-14(2,3)4;1-4(2)3/h5-13H2,1-4H3;1-3H3/q+1;. The molecule has 0 aromatic carbocycles. The molecule has 0 fully saturated rings. The molecule has 0 aromatic rings. The fraction of sp³-hybridized carbons (Fsp3) is 1.00. The van der Waals surface area contributed by atoms with Crippen molar-refractivity contribution in [3.8, 4) is 0 Å². The largest absolute Gasteiger partial charge is 0.331 e. The Labute approximate surface area is 117 Å². The highest BCUT2D eigenvalue weighted by atomic mass is 15.3. The van der Waals surface area contributed by atoms with Crippen LogP contribution < -0.4 is 0 Å². The molecule has 0 aliphatic rings. The normalized spacial score (nSPS) is 11.3. The maximum atomic E-state index is 2.28. The Balaban J connectivity index is 0. The highest BCUT2D eigenvalue weighted by Crippen LogP contribution is 2.09. The second-order valence-corrected chi connectivity index (χ2v) is 6.83. The summed E-state index contributed by atoms with van der Waals surface area (Å²) in [5.74, 6) is 0. The zero-order valence-electron chi connectivity index (χ0n) is 14.3. The number of hydrogen-bond donors (Lipinski definition) is 0. The van der Waals surface area contributed by atoms with Crippen LogP contribution in [0.3, 0.4) is 0 Å². The van der Waals surface area contributed by atoms with E-state index in [0.717, 1.165) is 4.48 Å². The van der Waals surface area contributed by atoms with Crippen molar-refractivity contribution in [1.29, 1.82) is 0 Å². The summed E-state index contributed by atoms with van der Waals surface area (Å²) in [6.07, 6.45) is 11.4. The average molecular weight is 260 g/mol. The molecule has 0 amide bonds. The van der Waals surface area contributed by atoms with Crippen molar-refractivity contribution >= 4 is 0 Å². The van der Waals surface area contributed by atoms with Crippen LogP contribution in [0.15, 0.2) is 0 Å². The fourth-order valence-corrected chi connectivity index (χ4v) is 1.72. The third-order valence-corrected chi connectivity index (χ3v) is 2.68. The summed E-state index contributed by atoms with van der Waals surface area (Å²) in [6.45, 7) is 3.61. The van der Waals surface area contributed by atoms with Gasteiger partial charge in [-0.1, -0.05) is 45.4 Å². The van der Waals surface area contributed by atoms with Crippen molar-refractivity contribution < 1.29 is 4.48 Å². The lowest BCUT2D eigenvalue weighted by Crippen LogP contribution is -2.35. The zero-order valence-corrected chi connectivity index (χ0v) is 14.3. The first kappa shape index (κ1) is 20.2. The van der Waals surface area contributed by atoms with E-state index < -0.39 is 0 Å². The second kappa shape index (κ2) is 13.4. The van der Waals surface area contributed by atoms with Gasteiger partial charge in [0, 0.05) is 0 Å². The quantitative estimate of drug-likeness (QED) is 0.447. The molecule has 0 N–H and O–H groups in total. The van der Waals surface area contributed by atoms with Gasteiger partial charge in [-0.15, -0.1) is 0 Å². The van der Waals surface area contributed by atoms with Gasteiger partial charge in [0.05, 0.1) is 27.7 Å². The van der Waals surface area contributed by atoms with Crippen molar-refractivity contribution in [2.75, 3.05) is 48.8 Å². The first-order chi connectivity index (χ1) is 8.29. The molecule has 0 aliphatic carbocycles. The van der Waals surface area contributed by atoms with Gasteiger partial charge in [0.2, 0.25) is 0 Å². The topological polar surface area (TPSA) is 3.24 Å². The molecule has 2 nitrogen and oxygen atoms in total. The molecule has 18 heavy (non-hydrogen) atoms. The molecule has 2 heteroatoms. The number of quaternary nitrogens is 1. The van der Waals surface area contributed by atoms with E-state index >= 15 is 0 Å². The summed E-state index contributed by atoms with van der Waals surface area (Å²) in [5.41, 5.74) is 0. The molecule has 0 saturated carbocycles. The molecule has 0 aliphatic heterocycles. The third kappa shape index (κ3) is 29.7. The predicted molar refractivity (Wildman–Crippen MR) is 85.1 cm³/mol. The van der Waals surface area contributed by atoms with Crippen molar-refractivity contribution in [2.24, 2.45) is 0 Å². The van der Waals surface area contributed by atoms with Gasteiger partial charge in [-0.05, 0) is 34.0 Å². The molecule has 112 valence electrons. The molecule has 0 radical (unpaired) electrons. The molecule has 0 heterocycles. The first-order valence-electron chi connectivity index (χ1n) is 7.71. The van der Waals surface area contributed by atoms with Crippen LogP contribution in [0, 0.1) is 0 Å². The van der Waals surface area contributed by atoms with Gasteiger partial charge < -0.3 is 9.38 Å². The van der Waals surface area contributed by atoms with Crippen molar-refractivity contribution in [2.45, 2.75) is 58.3 Å².